The van der Waals surface area contributed by atoms with Crippen LogP contribution in [0.1, 0.15) is 5.69 Å². The van der Waals surface area contributed by atoms with E-state index in [0.29, 0.717) is 27.1 Å². The van der Waals surface area contributed by atoms with Gasteiger partial charge in [0, 0.05) is 28.1 Å². The minimum atomic E-state index is -0.366. The third-order valence-corrected chi connectivity index (χ3v) is 3.39. The molecule has 0 spiro atoms. The zero-order valence-corrected chi connectivity index (χ0v) is 12.7. The molecule has 0 saturated heterocycles. The summed E-state index contributed by atoms with van der Waals surface area (Å²) in [6, 6.07) is 7.65. The Balaban J connectivity index is 1.75. The lowest BCUT2D eigenvalue weighted by Gasteiger charge is -2.05. The van der Waals surface area contributed by atoms with Gasteiger partial charge in [0.1, 0.15) is 11.5 Å². The van der Waals surface area contributed by atoms with Crippen LogP contribution >= 0.6 is 23.2 Å². The van der Waals surface area contributed by atoms with Crippen LogP contribution in [0, 0.1) is 5.82 Å². The van der Waals surface area contributed by atoms with Crippen LogP contribution in [0.4, 0.5) is 10.1 Å². The number of nitrogens with zero attached hydrogens (tertiary/aromatic N) is 2. The van der Waals surface area contributed by atoms with Crippen LogP contribution in [-0.2, 0) is 11.2 Å². The lowest BCUT2D eigenvalue weighted by Crippen LogP contribution is -2.14. The molecule has 0 radical (unpaired) electrons. The molecule has 4 nitrogen and oxygen atoms in total. The fourth-order valence-corrected chi connectivity index (χ4v) is 2.62. The highest BCUT2D eigenvalue weighted by molar-refractivity contribution is 6.35. The Morgan fingerprint density at radius 1 is 1.18 bits per heavy atom. The monoisotopic (exact) mass is 337 g/mol. The van der Waals surface area contributed by atoms with E-state index >= 15 is 0 Å². The lowest BCUT2D eigenvalue weighted by atomic mass is 10.3. The maximum atomic E-state index is 13.1. The third-order valence-electron chi connectivity index (χ3n) is 2.95. The predicted octanol–water partition coefficient (Wildman–Crippen LogP) is 3.96. The van der Waals surface area contributed by atoms with Crippen molar-refractivity contribution in [3.63, 3.8) is 0 Å². The number of imidazole rings is 1. The van der Waals surface area contributed by atoms with Crippen molar-refractivity contribution in [3.8, 4) is 0 Å². The molecule has 0 aliphatic carbocycles. The van der Waals surface area contributed by atoms with E-state index in [0.717, 1.165) is 0 Å². The highest BCUT2D eigenvalue weighted by Gasteiger charge is 2.09. The largest absolute Gasteiger partial charge is 0.326 e. The normalized spacial score (nSPS) is 10.9. The molecule has 1 amide bonds. The van der Waals surface area contributed by atoms with Gasteiger partial charge in [-0.2, -0.15) is 0 Å². The van der Waals surface area contributed by atoms with Gasteiger partial charge in [0.15, 0.2) is 0 Å². The van der Waals surface area contributed by atoms with Crippen LogP contribution < -0.4 is 5.32 Å². The number of carbonyl (C=O) groups is 1. The van der Waals surface area contributed by atoms with Crippen LogP contribution in [0.3, 0.4) is 0 Å². The number of amides is 1. The first-order valence-electron chi connectivity index (χ1n) is 6.39. The third kappa shape index (κ3) is 3.37. The van der Waals surface area contributed by atoms with Crippen LogP contribution in [0.5, 0.6) is 0 Å². The van der Waals surface area contributed by atoms with Crippen molar-refractivity contribution < 1.29 is 9.18 Å². The van der Waals surface area contributed by atoms with Crippen LogP contribution in [0.15, 0.2) is 42.7 Å². The van der Waals surface area contributed by atoms with E-state index in [1.54, 1.807) is 30.5 Å². The summed E-state index contributed by atoms with van der Waals surface area (Å²) in [6.07, 6.45) is 2.98. The van der Waals surface area contributed by atoms with Gasteiger partial charge in [0.25, 0.3) is 0 Å². The number of halogens is 3. The molecule has 0 aliphatic rings. The smallest absolute Gasteiger partial charge is 0.230 e. The summed E-state index contributed by atoms with van der Waals surface area (Å²) in [5.41, 5.74) is 1.63. The molecule has 7 heteroatoms. The van der Waals surface area contributed by atoms with Gasteiger partial charge in [0.2, 0.25) is 5.91 Å². The number of anilines is 1. The number of hydrogen-bond acceptors (Lipinski definition) is 2. The summed E-state index contributed by atoms with van der Waals surface area (Å²) in [5, 5.41) is 3.57. The summed E-state index contributed by atoms with van der Waals surface area (Å²) >= 11 is 11.8. The zero-order chi connectivity index (χ0) is 15.7. The first-order chi connectivity index (χ1) is 10.5. The summed E-state index contributed by atoms with van der Waals surface area (Å²) in [4.78, 5) is 16.3. The molecule has 3 aromatic rings. The average molecular weight is 338 g/mol. The summed E-state index contributed by atoms with van der Waals surface area (Å²) in [6.45, 7) is 0. The van der Waals surface area contributed by atoms with Crippen LogP contribution in [0.25, 0.3) is 5.65 Å². The van der Waals surface area contributed by atoms with E-state index in [1.807, 2.05) is 0 Å². The van der Waals surface area contributed by atoms with Crippen molar-refractivity contribution in [1.82, 2.24) is 9.38 Å². The van der Waals surface area contributed by atoms with E-state index in [-0.39, 0.29) is 18.1 Å². The molecule has 2 heterocycles. The van der Waals surface area contributed by atoms with Crippen molar-refractivity contribution in [2.75, 3.05) is 5.32 Å². The van der Waals surface area contributed by atoms with Gasteiger partial charge in [-0.1, -0.05) is 23.2 Å². The van der Waals surface area contributed by atoms with Crippen molar-refractivity contribution in [2.45, 2.75) is 6.42 Å². The van der Waals surface area contributed by atoms with E-state index in [4.69, 9.17) is 23.2 Å². The summed E-state index contributed by atoms with van der Waals surface area (Å²) in [7, 11) is 0. The Kier molecular flexibility index (Phi) is 4.00. The number of carbonyl (C=O) groups excluding carboxylic acids is 1. The molecule has 0 unspecified atom stereocenters. The van der Waals surface area contributed by atoms with Gasteiger partial charge < -0.3 is 9.72 Å². The van der Waals surface area contributed by atoms with Gasteiger partial charge in [-0.3, -0.25) is 4.79 Å². The summed E-state index contributed by atoms with van der Waals surface area (Å²) < 4.78 is 14.7. The highest BCUT2D eigenvalue weighted by atomic mass is 35.5. The topological polar surface area (TPSA) is 46.4 Å². The Morgan fingerprint density at radius 3 is 2.64 bits per heavy atom. The van der Waals surface area contributed by atoms with Crippen molar-refractivity contribution >= 4 is 40.4 Å². The average Bonchev–Trinajstić information content (AvgIpc) is 2.78. The van der Waals surface area contributed by atoms with Gasteiger partial charge in [0.05, 0.1) is 12.1 Å². The second-order valence-corrected chi connectivity index (χ2v) is 5.60. The van der Waals surface area contributed by atoms with Crippen LogP contribution in [-0.4, -0.2) is 15.3 Å². The number of benzene rings is 1. The Morgan fingerprint density at radius 2 is 1.91 bits per heavy atom. The quantitative estimate of drug-likeness (QED) is 0.786. The molecule has 0 bridgehead atoms. The van der Waals surface area contributed by atoms with Gasteiger partial charge in [-0.25, -0.2) is 9.37 Å². The lowest BCUT2D eigenvalue weighted by molar-refractivity contribution is -0.115. The predicted molar refractivity (Wildman–Crippen MR) is 83.9 cm³/mol. The number of rotatable bonds is 3. The fourth-order valence-electron chi connectivity index (χ4n) is 2.10. The molecule has 0 saturated carbocycles. The van der Waals surface area contributed by atoms with Gasteiger partial charge in [-0.05, 0) is 30.3 Å². The molecule has 0 fully saturated rings. The second-order valence-electron chi connectivity index (χ2n) is 4.73. The number of pyridine rings is 1. The maximum Gasteiger partial charge on any atom is 0.230 e. The molecule has 3 rings (SSSR count). The highest BCUT2D eigenvalue weighted by Crippen LogP contribution is 2.22. The number of aromatic nitrogens is 2. The molecule has 2 aromatic heterocycles. The van der Waals surface area contributed by atoms with Gasteiger partial charge in [-0.15, -0.1) is 0 Å². The molecule has 1 aromatic carbocycles. The van der Waals surface area contributed by atoms with E-state index in [2.05, 4.69) is 10.3 Å². The van der Waals surface area contributed by atoms with Crippen LogP contribution in [0.2, 0.25) is 10.0 Å². The fraction of sp³-hybridized carbons (Fsp3) is 0.0667. The molecular weight excluding hydrogens is 328 g/mol. The van der Waals surface area contributed by atoms with Gasteiger partial charge >= 0.3 is 0 Å². The molecule has 0 atom stereocenters. The first kappa shape index (κ1) is 14.8. The standard InChI is InChI=1S/C15H10Cl2FN3O/c16-9-3-10(17)5-12(4-9)20-15(22)6-13-8-21-7-11(18)1-2-14(21)19-13/h1-5,7-8H,6H2,(H,20,22). The molecule has 1 N–H and O–H groups in total. The van der Waals surface area contributed by atoms with Crippen molar-refractivity contribution in [3.05, 3.63) is 64.3 Å². The Labute approximate surface area is 135 Å². The first-order valence-corrected chi connectivity index (χ1v) is 7.14. The molecule has 112 valence electrons. The SMILES string of the molecule is O=C(Cc1cn2cc(F)ccc2n1)Nc1cc(Cl)cc(Cl)c1. The van der Waals surface area contributed by atoms with E-state index in [1.165, 1.54) is 16.7 Å². The van der Waals surface area contributed by atoms with E-state index in [9.17, 15) is 9.18 Å². The molecular formula is C15H10Cl2FN3O. The minimum Gasteiger partial charge on any atom is -0.326 e. The molecule has 22 heavy (non-hydrogen) atoms. The van der Waals surface area contributed by atoms with E-state index < -0.39 is 0 Å². The maximum absolute atomic E-state index is 13.1. The Hall–Kier alpha value is -2.11. The zero-order valence-electron chi connectivity index (χ0n) is 11.2. The van der Waals surface area contributed by atoms with Crippen molar-refractivity contribution in [2.24, 2.45) is 0 Å². The summed E-state index contributed by atoms with van der Waals surface area (Å²) in [5.74, 6) is -0.628. The Bertz CT molecular complexity index is 843. The van der Waals surface area contributed by atoms with Crippen molar-refractivity contribution in [1.29, 1.82) is 0 Å². The second kappa shape index (κ2) is 5.94. The minimum absolute atomic E-state index is 0.0629. The number of fused-ring (bicyclic) bond motifs is 1. The number of hydrogen-bond donors (Lipinski definition) is 1. The molecule has 0 aliphatic heterocycles. The number of nitrogens with one attached hydrogen (secondary N) is 1.